The van der Waals surface area contributed by atoms with Crippen molar-refractivity contribution in [3.05, 3.63) is 45.4 Å². The van der Waals surface area contributed by atoms with Crippen molar-refractivity contribution >= 4 is 15.9 Å². The van der Waals surface area contributed by atoms with Crippen LogP contribution in [-0.4, -0.2) is 14.8 Å². The summed E-state index contributed by atoms with van der Waals surface area (Å²) in [4.78, 5) is 0. The Morgan fingerprint density at radius 3 is 3.00 bits per heavy atom. The van der Waals surface area contributed by atoms with E-state index < -0.39 is 0 Å². The van der Waals surface area contributed by atoms with E-state index in [1.165, 1.54) is 24.0 Å². The quantitative estimate of drug-likeness (QED) is 0.918. The van der Waals surface area contributed by atoms with Gasteiger partial charge in [-0.1, -0.05) is 28.1 Å². The summed E-state index contributed by atoms with van der Waals surface area (Å²) in [7, 11) is 0. The van der Waals surface area contributed by atoms with E-state index in [9.17, 15) is 0 Å². The molecule has 0 saturated heterocycles. The summed E-state index contributed by atoms with van der Waals surface area (Å²) in [5.74, 6) is 2.20. The van der Waals surface area contributed by atoms with Gasteiger partial charge in [-0.25, -0.2) is 0 Å². The molecule has 0 spiro atoms. The van der Waals surface area contributed by atoms with Crippen molar-refractivity contribution in [3.8, 4) is 0 Å². The van der Waals surface area contributed by atoms with Gasteiger partial charge in [0.1, 0.15) is 11.6 Å². The van der Waals surface area contributed by atoms with E-state index >= 15 is 0 Å². The maximum atomic E-state index is 4.34. The van der Waals surface area contributed by atoms with E-state index in [-0.39, 0.29) is 0 Å². The highest BCUT2D eigenvalue weighted by Gasteiger charge is 2.16. The number of rotatable bonds is 4. The van der Waals surface area contributed by atoms with Crippen molar-refractivity contribution in [2.75, 3.05) is 0 Å². The molecule has 1 aromatic carbocycles. The molecule has 1 aliphatic rings. The molecule has 2 heterocycles. The van der Waals surface area contributed by atoms with Crippen LogP contribution < -0.4 is 5.32 Å². The number of hydrogen-bond acceptors (Lipinski definition) is 3. The fourth-order valence-electron chi connectivity index (χ4n) is 2.80. The Kier molecular flexibility index (Phi) is 4.40. The van der Waals surface area contributed by atoms with Crippen molar-refractivity contribution in [1.82, 2.24) is 20.1 Å². The molecule has 0 fully saturated rings. The number of aryl methyl sites for hydroxylation is 2. The summed E-state index contributed by atoms with van der Waals surface area (Å²) in [6, 6.07) is 6.80. The van der Waals surface area contributed by atoms with E-state index in [4.69, 9.17) is 0 Å². The third-order valence-electron chi connectivity index (χ3n) is 4.18. The van der Waals surface area contributed by atoms with E-state index in [0.29, 0.717) is 6.04 Å². The van der Waals surface area contributed by atoms with Crippen LogP contribution in [0.25, 0.3) is 0 Å². The molecule has 1 aromatic heterocycles. The summed E-state index contributed by atoms with van der Waals surface area (Å²) >= 11 is 3.55. The summed E-state index contributed by atoms with van der Waals surface area (Å²) < 4.78 is 3.43. The molecular weight excluding hydrogens is 328 g/mol. The Hall–Kier alpha value is -1.20. The van der Waals surface area contributed by atoms with Crippen LogP contribution in [0.15, 0.2) is 22.7 Å². The van der Waals surface area contributed by atoms with Gasteiger partial charge in [-0.2, -0.15) is 0 Å². The predicted octanol–water partition coefficient (Wildman–Crippen LogP) is 3.54. The molecule has 1 unspecified atom stereocenters. The van der Waals surface area contributed by atoms with Crippen LogP contribution in [0.1, 0.15) is 48.6 Å². The standard InChI is InChI=1S/C16H21BrN4/c1-11-9-13(6-7-14(11)17)12(2)18-10-16-20-19-15-5-3-4-8-21(15)16/h6-7,9,12,18H,3-5,8,10H2,1-2H3. The average molecular weight is 349 g/mol. The van der Waals surface area contributed by atoms with Crippen LogP contribution in [0.5, 0.6) is 0 Å². The molecule has 0 aliphatic carbocycles. The molecule has 1 aliphatic heterocycles. The third kappa shape index (κ3) is 3.19. The minimum Gasteiger partial charge on any atom is -0.314 e. The lowest BCUT2D eigenvalue weighted by Gasteiger charge is -2.17. The number of hydrogen-bond donors (Lipinski definition) is 1. The van der Waals surface area contributed by atoms with Crippen LogP contribution in [0.3, 0.4) is 0 Å². The topological polar surface area (TPSA) is 42.7 Å². The summed E-state index contributed by atoms with van der Waals surface area (Å²) in [5, 5.41) is 12.2. The fourth-order valence-corrected chi connectivity index (χ4v) is 3.05. The van der Waals surface area contributed by atoms with E-state index in [1.807, 2.05) is 0 Å². The van der Waals surface area contributed by atoms with Gasteiger partial charge in [0.25, 0.3) is 0 Å². The van der Waals surface area contributed by atoms with Crippen LogP contribution in [0.4, 0.5) is 0 Å². The van der Waals surface area contributed by atoms with Gasteiger partial charge in [0.2, 0.25) is 0 Å². The monoisotopic (exact) mass is 348 g/mol. The van der Waals surface area contributed by atoms with Gasteiger partial charge >= 0.3 is 0 Å². The van der Waals surface area contributed by atoms with Gasteiger partial charge in [0.05, 0.1) is 6.54 Å². The highest BCUT2D eigenvalue weighted by Crippen LogP contribution is 2.21. The lowest BCUT2D eigenvalue weighted by atomic mass is 10.1. The second kappa shape index (κ2) is 6.28. The molecule has 0 amide bonds. The fraction of sp³-hybridized carbons (Fsp3) is 0.500. The zero-order chi connectivity index (χ0) is 14.8. The highest BCUT2D eigenvalue weighted by molar-refractivity contribution is 9.10. The molecule has 0 bridgehead atoms. The van der Waals surface area contributed by atoms with E-state index in [2.05, 4.69) is 68.1 Å². The molecule has 2 aromatic rings. The number of benzene rings is 1. The first-order chi connectivity index (χ1) is 10.1. The SMILES string of the molecule is Cc1cc(C(C)NCc2nnc3n2CCCC3)ccc1Br. The van der Waals surface area contributed by atoms with Gasteiger partial charge in [0.15, 0.2) is 0 Å². The Morgan fingerprint density at radius 1 is 1.33 bits per heavy atom. The minimum atomic E-state index is 0.299. The molecule has 5 heteroatoms. The number of aromatic nitrogens is 3. The van der Waals surface area contributed by atoms with Crippen LogP contribution >= 0.6 is 15.9 Å². The van der Waals surface area contributed by atoms with E-state index in [0.717, 1.165) is 35.6 Å². The van der Waals surface area contributed by atoms with Crippen LogP contribution in [0, 0.1) is 6.92 Å². The first kappa shape index (κ1) is 14.7. The smallest absolute Gasteiger partial charge is 0.147 e. The van der Waals surface area contributed by atoms with Gasteiger partial charge in [-0.05, 0) is 43.9 Å². The van der Waals surface area contributed by atoms with Gasteiger partial charge in [-0.3, -0.25) is 0 Å². The Bertz CT molecular complexity index is 635. The van der Waals surface area contributed by atoms with Crippen molar-refractivity contribution in [3.63, 3.8) is 0 Å². The van der Waals surface area contributed by atoms with Crippen molar-refractivity contribution in [1.29, 1.82) is 0 Å². The maximum absolute atomic E-state index is 4.34. The Morgan fingerprint density at radius 2 is 2.19 bits per heavy atom. The van der Waals surface area contributed by atoms with Gasteiger partial charge in [0, 0.05) is 23.5 Å². The van der Waals surface area contributed by atoms with Gasteiger partial charge in [-0.15, -0.1) is 10.2 Å². The second-order valence-electron chi connectivity index (χ2n) is 5.75. The molecule has 1 atom stereocenters. The molecular formula is C16H21BrN4. The lowest BCUT2D eigenvalue weighted by Crippen LogP contribution is -2.22. The van der Waals surface area contributed by atoms with Crippen molar-refractivity contribution in [2.24, 2.45) is 0 Å². The molecule has 0 saturated carbocycles. The number of halogens is 1. The molecule has 21 heavy (non-hydrogen) atoms. The lowest BCUT2D eigenvalue weighted by molar-refractivity contribution is 0.484. The molecule has 3 rings (SSSR count). The average Bonchev–Trinajstić information content (AvgIpc) is 2.91. The second-order valence-corrected chi connectivity index (χ2v) is 6.61. The summed E-state index contributed by atoms with van der Waals surface area (Å²) in [6.07, 6.45) is 3.54. The Labute approximate surface area is 134 Å². The first-order valence-corrected chi connectivity index (χ1v) is 8.35. The van der Waals surface area contributed by atoms with E-state index in [1.54, 1.807) is 0 Å². The number of fused-ring (bicyclic) bond motifs is 1. The zero-order valence-corrected chi connectivity index (χ0v) is 14.2. The first-order valence-electron chi connectivity index (χ1n) is 7.55. The predicted molar refractivity (Wildman–Crippen MR) is 87.1 cm³/mol. The largest absolute Gasteiger partial charge is 0.314 e. The summed E-state index contributed by atoms with van der Waals surface area (Å²) in [6.45, 7) is 6.14. The number of nitrogens with one attached hydrogen (secondary N) is 1. The Balaban J connectivity index is 1.67. The number of nitrogens with zero attached hydrogens (tertiary/aromatic N) is 3. The van der Waals surface area contributed by atoms with Crippen molar-refractivity contribution < 1.29 is 0 Å². The molecule has 1 N–H and O–H groups in total. The van der Waals surface area contributed by atoms with Crippen LogP contribution in [-0.2, 0) is 19.5 Å². The highest BCUT2D eigenvalue weighted by atomic mass is 79.9. The molecule has 4 nitrogen and oxygen atoms in total. The van der Waals surface area contributed by atoms with Crippen LogP contribution in [0.2, 0.25) is 0 Å². The van der Waals surface area contributed by atoms with Crippen molar-refractivity contribution in [2.45, 2.75) is 52.2 Å². The molecule has 112 valence electrons. The zero-order valence-electron chi connectivity index (χ0n) is 12.6. The van der Waals surface area contributed by atoms with Gasteiger partial charge < -0.3 is 9.88 Å². The molecule has 0 radical (unpaired) electrons. The normalized spacial score (nSPS) is 15.8. The minimum absolute atomic E-state index is 0.299. The third-order valence-corrected chi connectivity index (χ3v) is 5.07. The maximum Gasteiger partial charge on any atom is 0.147 e. The summed E-state index contributed by atoms with van der Waals surface area (Å²) in [5.41, 5.74) is 2.56.